The highest BCUT2D eigenvalue weighted by atomic mass is 32.2. The Morgan fingerprint density at radius 3 is 2.56 bits per heavy atom. The number of nitrogens with one attached hydrogen (secondary N) is 1. The molecule has 1 aromatic rings. The number of hydrogen-bond acceptors (Lipinski definition) is 4. The summed E-state index contributed by atoms with van der Waals surface area (Å²) >= 11 is 0. The molecule has 1 atom stereocenters. The summed E-state index contributed by atoms with van der Waals surface area (Å²) in [5, 5.41) is 0. The number of rotatable bonds is 11. The van der Waals surface area contributed by atoms with Gasteiger partial charge in [0, 0.05) is 6.04 Å². The first-order chi connectivity index (χ1) is 12.6. The second-order valence-corrected chi connectivity index (χ2v) is 8.89. The molecule has 0 aromatic heterocycles. The third kappa shape index (κ3) is 7.31. The minimum Gasteiger partial charge on any atom is -0.493 e. The van der Waals surface area contributed by atoms with Crippen molar-refractivity contribution < 1.29 is 26.3 Å². The number of sulfonamides is 1. The molecule has 0 amide bonds. The Hall–Kier alpha value is -1.32. The van der Waals surface area contributed by atoms with Gasteiger partial charge in [0.2, 0.25) is 10.0 Å². The highest BCUT2D eigenvalue weighted by Gasteiger charge is 2.35. The van der Waals surface area contributed by atoms with Crippen molar-refractivity contribution in [2.45, 2.75) is 51.2 Å². The van der Waals surface area contributed by atoms with Crippen molar-refractivity contribution >= 4 is 10.0 Å². The van der Waals surface area contributed by atoms with Gasteiger partial charge in [0.15, 0.2) is 0 Å². The molecule has 1 saturated carbocycles. The minimum atomic E-state index is -4.52. The van der Waals surface area contributed by atoms with Crippen molar-refractivity contribution in [3.63, 3.8) is 0 Å². The first kappa shape index (κ1) is 22.0. The van der Waals surface area contributed by atoms with Gasteiger partial charge in [0.05, 0.1) is 17.9 Å². The van der Waals surface area contributed by atoms with E-state index in [1.807, 2.05) is 0 Å². The van der Waals surface area contributed by atoms with Crippen LogP contribution in [0.4, 0.5) is 13.2 Å². The number of alkyl halides is 3. The summed E-state index contributed by atoms with van der Waals surface area (Å²) in [6.45, 7) is 2.36. The highest BCUT2D eigenvalue weighted by molar-refractivity contribution is 7.89. The first-order valence-corrected chi connectivity index (χ1v) is 10.8. The molecule has 3 N–H and O–H groups in total. The Bertz CT molecular complexity index is 719. The van der Waals surface area contributed by atoms with Gasteiger partial charge in [0.1, 0.15) is 5.75 Å². The van der Waals surface area contributed by atoms with Gasteiger partial charge in [-0.2, -0.15) is 13.2 Å². The van der Waals surface area contributed by atoms with E-state index in [0.717, 1.165) is 25.3 Å². The normalized spacial score (nSPS) is 16.3. The van der Waals surface area contributed by atoms with E-state index in [0.29, 0.717) is 30.9 Å². The molecule has 1 aliphatic carbocycles. The molecule has 154 valence electrons. The molecule has 1 fully saturated rings. The van der Waals surface area contributed by atoms with Crippen LogP contribution in [0.5, 0.6) is 5.75 Å². The van der Waals surface area contributed by atoms with Crippen LogP contribution in [-0.4, -0.2) is 27.3 Å². The lowest BCUT2D eigenvalue weighted by molar-refractivity contribution is -0.139. The summed E-state index contributed by atoms with van der Waals surface area (Å²) in [6.07, 6.45) is -0.648. The van der Waals surface area contributed by atoms with Crippen molar-refractivity contribution in [3.8, 4) is 5.75 Å². The van der Waals surface area contributed by atoms with Gasteiger partial charge in [-0.3, -0.25) is 0 Å². The van der Waals surface area contributed by atoms with Gasteiger partial charge in [-0.1, -0.05) is 12.5 Å². The predicted octanol–water partition coefficient (Wildman–Crippen LogP) is 3.60. The molecule has 0 heterocycles. The van der Waals surface area contributed by atoms with Gasteiger partial charge < -0.3 is 10.5 Å². The Morgan fingerprint density at radius 1 is 1.26 bits per heavy atom. The van der Waals surface area contributed by atoms with E-state index in [1.165, 1.54) is 12.1 Å². The van der Waals surface area contributed by atoms with Crippen molar-refractivity contribution in [3.05, 3.63) is 29.3 Å². The van der Waals surface area contributed by atoms with Crippen LogP contribution in [0.25, 0.3) is 0 Å². The van der Waals surface area contributed by atoms with Crippen LogP contribution in [0.3, 0.4) is 0 Å². The smallest absolute Gasteiger partial charge is 0.419 e. The monoisotopic (exact) mass is 408 g/mol. The molecule has 0 spiro atoms. The molecule has 0 radical (unpaired) electrons. The maximum absolute atomic E-state index is 13.2. The fourth-order valence-corrected chi connectivity index (χ4v) is 4.04. The molecule has 1 aromatic carbocycles. The second kappa shape index (κ2) is 9.25. The Kier molecular flexibility index (Phi) is 7.53. The Labute approximate surface area is 158 Å². The average molecular weight is 408 g/mol. The number of unbranched alkanes of at least 4 members (excludes halogenated alkanes) is 2. The second-order valence-electron chi connectivity index (χ2n) is 7.02. The zero-order valence-electron chi connectivity index (χ0n) is 15.4. The largest absolute Gasteiger partial charge is 0.493 e. The lowest BCUT2D eigenvalue weighted by Gasteiger charge is -2.19. The van der Waals surface area contributed by atoms with Crippen molar-refractivity contribution in [1.82, 2.24) is 4.72 Å². The van der Waals surface area contributed by atoms with Crippen LogP contribution >= 0.6 is 0 Å². The third-order valence-corrected chi connectivity index (χ3v) is 5.99. The van der Waals surface area contributed by atoms with Gasteiger partial charge in [0.25, 0.3) is 0 Å². The first-order valence-electron chi connectivity index (χ1n) is 9.16. The lowest BCUT2D eigenvalue weighted by Crippen LogP contribution is -2.29. The molecular weight excluding hydrogens is 381 g/mol. The number of hydrogen-bond donors (Lipinski definition) is 2. The summed E-state index contributed by atoms with van der Waals surface area (Å²) in [4.78, 5) is 0. The molecule has 27 heavy (non-hydrogen) atoms. The predicted molar refractivity (Wildman–Crippen MR) is 97.9 cm³/mol. The molecule has 2 rings (SSSR count). The van der Waals surface area contributed by atoms with Crippen LogP contribution in [0, 0.1) is 5.92 Å². The van der Waals surface area contributed by atoms with E-state index >= 15 is 0 Å². The van der Waals surface area contributed by atoms with Crippen molar-refractivity contribution in [2.75, 3.05) is 18.9 Å². The number of ether oxygens (including phenoxy) is 1. The maximum Gasteiger partial charge on any atom is 0.419 e. The van der Waals surface area contributed by atoms with Crippen LogP contribution < -0.4 is 15.2 Å². The van der Waals surface area contributed by atoms with E-state index in [4.69, 9.17) is 10.5 Å². The van der Waals surface area contributed by atoms with Crippen LogP contribution in [0.2, 0.25) is 0 Å². The Balaban J connectivity index is 2.08. The number of benzene rings is 1. The summed E-state index contributed by atoms with van der Waals surface area (Å²) in [7, 11) is -3.53. The van der Waals surface area contributed by atoms with Crippen molar-refractivity contribution in [1.29, 1.82) is 0 Å². The molecular formula is C18H27F3N2O3S. The van der Waals surface area contributed by atoms with Crippen LogP contribution in [0.1, 0.15) is 56.2 Å². The lowest BCUT2D eigenvalue weighted by atomic mass is 10.1. The number of halogens is 3. The molecule has 0 saturated heterocycles. The number of nitrogens with two attached hydrogens (primary N) is 1. The molecule has 1 unspecified atom stereocenters. The molecule has 0 bridgehead atoms. The molecule has 1 aliphatic rings. The SMILES string of the molecule is CC(NS(=O)(=O)CCCCCN)c1ccc(C(F)(F)F)c(OCC2CC2)c1. The van der Waals surface area contributed by atoms with Gasteiger partial charge in [-0.25, -0.2) is 13.1 Å². The van der Waals surface area contributed by atoms with E-state index in [9.17, 15) is 21.6 Å². The summed E-state index contributed by atoms with van der Waals surface area (Å²) < 4.78 is 71.8. The molecule has 9 heteroatoms. The average Bonchev–Trinajstić information content (AvgIpc) is 3.40. The van der Waals surface area contributed by atoms with Crippen LogP contribution in [0.15, 0.2) is 18.2 Å². The maximum atomic E-state index is 13.2. The summed E-state index contributed by atoms with van der Waals surface area (Å²) in [5.41, 5.74) is 4.97. The quantitative estimate of drug-likeness (QED) is 0.548. The molecule has 5 nitrogen and oxygen atoms in total. The fourth-order valence-electron chi connectivity index (χ4n) is 2.66. The van der Waals surface area contributed by atoms with Crippen LogP contribution in [-0.2, 0) is 16.2 Å². The molecule has 0 aliphatic heterocycles. The van der Waals surface area contributed by atoms with Gasteiger partial charge in [-0.05, 0) is 62.8 Å². The van der Waals surface area contributed by atoms with Gasteiger partial charge in [-0.15, -0.1) is 0 Å². The van der Waals surface area contributed by atoms with E-state index < -0.39 is 27.8 Å². The van der Waals surface area contributed by atoms with Gasteiger partial charge >= 0.3 is 6.18 Å². The zero-order valence-corrected chi connectivity index (χ0v) is 16.2. The van der Waals surface area contributed by atoms with E-state index in [-0.39, 0.29) is 18.1 Å². The minimum absolute atomic E-state index is 0.0387. The van der Waals surface area contributed by atoms with Crippen molar-refractivity contribution in [2.24, 2.45) is 11.7 Å². The third-order valence-electron chi connectivity index (χ3n) is 4.46. The highest BCUT2D eigenvalue weighted by Crippen LogP contribution is 2.39. The summed E-state index contributed by atoms with van der Waals surface area (Å²) in [6, 6.07) is 2.86. The Morgan fingerprint density at radius 2 is 1.96 bits per heavy atom. The van der Waals surface area contributed by atoms with E-state index in [1.54, 1.807) is 6.92 Å². The standard InChI is InChI=1S/C18H27F3N2O3S/c1-13(23-27(24,25)10-4-2-3-9-22)15-7-8-16(18(19,20)21)17(11-15)26-12-14-5-6-14/h7-8,11,13-14,23H,2-6,9-10,12,22H2,1H3. The zero-order chi connectivity index (χ0) is 20.1. The topological polar surface area (TPSA) is 81.4 Å². The van der Waals surface area contributed by atoms with E-state index in [2.05, 4.69) is 4.72 Å². The fraction of sp³-hybridized carbons (Fsp3) is 0.667. The summed E-state index contributed by atoms with van der Waals surface area (Å²) in [5.74, 6) is 0.0170.